The molecule has 1 aromatic rings. The first-order chi connectivity index (χ1) is 14.5. The smallest absolute Gasteiger partial charge is 0.326 e. The third-order valence-electron chi connectivity index (χ3n) is 4.40. The van der Waals surface area contributed by atoms with E-state index < -0.39 is 60.2 Å². The van der Waals surface area contributed by atoms with Crippen molar-refractivity contribution in [3.8, 4) is 0 Å². The third-order valence-corrected chi connectivity index (χ3v) is 4.40. The zero-order valence-electron chi connectivity index (χ0n) is 17.3. The van der Waals surface area contributed by atoms with E-state index in [1.165, 1.54) is 13.8 Å². The minimum Gasteiger partial charge on any atom is -0.481 e. The molecule has 0 bridgehead atoms. The molecule has 0 saturated heterocycles. The summed E-state index contributed by atoms with van der Waals surface area (Å²) in [7, 11) is 0. The molecule has 170 valence electrons. The molecule has 0 fully saturated rings. The Labute approximate surface area is 179 Å². The summed E-state index contributed by atoms with van der Waals surface area (Å²) >= 11 is 0. The Kier molecular flexibility index (Phi) is 10.1. The van der Waals surface area contributed by atoms with E-state index >= 15 is 0 Å². The number of benzene rings is 1. The van der Waals surface area contributed by atoms with Gasteiger partial charge in [-0.2, -0.15) is 0 Å². The molecule has 0 spiro atoms. The number of carboxylic acids is 2. The van der Waals surface area contributed by atoms with Crippen molar-refractivity contribution < 1.29 is 34.2 Å². The van der Waals surface area contributed by atoms with Crippen LogP contribution >= 0.6 is 0 Å². The minimum absolute atomic E-state index is 0.284. The molecular formula is C20H28N4O7. The van der Waals surface area contributed by atoms with Gasteiger partial charge in [-0.25, -0.2) is 4.79 Å². The van der Waals surface area contributed by atoms with Crippen LogP contribution in [0.2, 0.25) is 0 Å². The summed E-state index contributed by atoms with van der Waals surface area (Å²) < 4.78 is 0. The van der Waals surface area contributed by atoms with Gasteiger partial charge in [-0.1, -0.05) is 30.3 Å². The molecule has 7 N–H and O–H groups in total. The van der Waals surface area contributed by atoms with Crippen LogP contribution < -0.4 is 21.7 Å². The number of aliphatic carboxylic acids is 2. The molecular weight excluding hydrogens is 408 g/mol. The van der Waals surface area contributed by atoms with Crippen LogP contribution in [0.3, 0.4) is 0 Å². The molecule has 1 rings (SSSR count). The molecule has 11 nitrogen and oxygen atoms in total. The van der Waals surface area contributed by atoms with Crippen LogP contribution in [0.15, 0.2) is 30.3 Å². The highest BCUT2D eigenvalue weighted by atomic mass is 16.4. The molecule has 11 heteroatoms. The van der Waals surface area contributed by atoms with Crippen molar-refractivity contribution >= 4 is 29.7 Å². The third kappa shape index (κ3) is 9.26. The van der Waals surface area contributed by atoms with Crippen LogP contribution in [0.1, 0.15) is 32.3 Å². The second-order valence-electron chi connectivity index (χ2n) is 7.09. The van der Waals surface area contributed by atoms with Crippen LogP contribution in [0.5, 0.6) is 0 Å². The summed E-state index contributed by atoms with van der Waals surface area (Å²) in [4.78, 5) is 58.4. The quantitative estimate of drug-likeness (QED) is 0.240. The summed E-state index contributed by atoms with van der Waals surface area (Å²) in [6.07, 6.45) is -0.458. The fourth-order valence-corrected chi connectivity index (χ4v) is 2.57. The molecule has 1 aromatic carbocycles. The molecule has 31 heavy (non-hydrogen) atoms. The minimum atomic E-state index is -1.41. The van der Waals surface area contributed by atoms with Crippen molar-refractivity contribution in [2.24, 2.45) is 5.73 Å². The highest BCUT2D eigenvalue weighted by Gasteiger charge is 2.26. The first-order valence-corrected chi connectivity index (χ1v) is 9.66. The van der Waals surface area contributed by atoms with E-state index in [0.29, 0.717) is 0 Å². The van der Waals surface area contributed by atoms with E-state index in [1.54, 1.807) is 0 Å². The van der Waals surface area contributed by atoms with Gasteiger partial charge >= 0.3 is 11.9 Å². The van der Waals surface area contributed by atoms with E-state index in [1.807, 2.05) is 30.3 Å². The van der Waals surface area contributed by atoms with Gasteiger partial charge < -0.3 is 31.9 Å². The normalized spacial score (nSPS) is 14.4. The number of nitrogens with two attached hydrogens (primary N) is 1. The highest BCUT2D eigenvalue weighted by molar-refractivity contribution is 5.93. The Hall–Kier alpha value is -3.47. The standard InChI is InChI=1S/C20H28N4O7/c1-11(23-19(29)14(21)10-13-6-4-3-5-7-13)17(27)22-12(2)18(28)24-15(20(30)31)8-9-16(25)26/h3-7,11-12,14-15H,8-10,21H2,1-2H3,(H,22,27)(H,23,29)(H,24,28)(H,25,26)(H,30,31). The first kappa shape index (κ1) is 25.6. The molecule has 3 amide bonds. The SMILES string of the molecule is CC(NC(=O)C(N)Cc1ccccc1)C(=O)NC(C)C(=O)NC(CCC(=O)O)C(=O)O. The maximum atomic E-state index is 12.3. The van der Waals surface area contributed by atoms with Gasteiger partial charge in [0.2, 0.25) is 17.7 Å². The Morgan fingerprint density at radius 1 is 0.871 bits per heavy atom. The molecule has 4 atom stereocenters. The van der Waals surface area contributed by atoms with Crippen molar-refractivity contribution in [1.82, 2.24) is 16.0 Å². The largest absolute Gasteiger partial charge is 0.481 e. The zero-order chi connectivity index (χ0) is 23.6. The van der Waals surface area contributed by atoms with Gasteiger partial charge in [-0.15, -0.1) is 0 Å². The van der Waals surface area contributed by atoms with Crippen LogP contribution in [0, 0.1) is 0 Å². The number of carboxylic acid groups (broad SMARTS) is 2. The predicted molar refractivity (Wildman–Crippen MR) is 110 cm³/mol. The summed E-state index contributed by atoms with van der Waals surface area (Å²) in [6, 6.07) is 4.74. The number of nitrogens with one attached hydrogen (secondary N) is 3. The first-order valence-electron chi connectivity index (χ1n) is 9.66. The van der Waals surface area contributed by atoms with Gasteiger partial charge in [0.15, 0.2) is 0 Å². The molecule has 0 aliphatic rings. The number of hydrogen-bond donors (Lipinski definition) is 6. The lowest BCUT2D eigenvalue weighted by Crippen LogP contribution is -2.55. The summed E-state index contributed by atoms with van der Waals surface area (Å²) in [5.74, 6) is -4.59. The maximum absolute atomic E-state index is 12.3. The number of carbonyl (C=O) groups is 5. The molecule has 0 aliphatic heterocycles. The maximum Gasteiger partial charge on any atom is 0.326 e. The number of amides is 3. The van der Waals surface area contributed by atoms with Crippen molar-refractivity contribution in [2.45, 2.75) is 57.3 Å². The van der Waals surface area contributed by atoms with Gasteiger partial charge in [0.25, 0.3) is 0 Å². The summed E-state index contributed by atoms with van der Waals surface area (Å²) in [6.45, 7) is 2.75. The van der Waals surface area contributed by atoms with Crippen molar-refractivity contribution in [3.63, 3.8) is 0 Å². The molecule has 0 saturated carbocycles. The topological polar surface area (TPSA) is 188 Å². The second-order valence-corrected chi connectivity index (χ2v) is 7.09. The van der Waals surface area contributed by atoms with Crippen LogP contribution in [0.25, 0.3) is 0 Å². The molecule has 0 heterocycles. The van der Waals surface area contributed by atoms with Crippen molar-refractivity contribution in [2.75, 3.05) is 0 Å². The fourth-order valence-electron chi connectivity index (χ4n) is 2.57. The lowest BCUT2D eigenvalue weighted by molar-refractivity contribution is -0.143. The van der Waals surface area contributed by atoms with Gasteiger partial charge in [-0.3, -0.25) is 19.2 Å². The molecule has 0 aliphatic carbocycles. The van der Waals surface area contributed by atoms with Gasteiger partial charge in [-0.05, 0) is 32.3 Å². The Morgan fingerprint density at radius 3 is 1.90 bits per heavy atom. The van der Waals surface area contributed by atoms with Crippen LogP contribution in [0.4, 0.5) is 0 Å². The average Bonchev–Trinajstić information content (AvgIpc) is 2.70. The average molecular weight is 436 g/mol. The van der Waals surface area contributed by atoms with Gasteiger partial charge in [0.1, 0.15) is 18.1 Å². The molecule has 4 unspecified atom stereocenters. The molecule has 0 radical (unpaired) electrons. The summed E-state index contributed by atoms with van der Waals surface area (Å²) in [5.41, 5.74) is 6.74. The predicted octanol–water partition coefficient (Wildman–Crippen LogP) is -1.000. The lowest BCUT2D eigenvalue weighted by Gasteiger charge is -2.21. The number of carbonyl (C=O) groups excluding carboxylic acids is 3. The second kappa shape index (κ2) is 12.3. The Bertz CT molecular complexity index is 800. The lowest BCUT2D eigenvalue weighted by atomic mass is 10.1. The fraction of sp³-hybridized carbons (Fsp3) is 0.450. The Balaban J connectivity index is 2.54. The van der Waals surface area contributed by atoms with E-state index in [9.17, 15) is 24.0 Å². The van der Waals surface area contributed by atoms with E-state index in [0.717, 1.165) is 5.56 Å². The van der Waals surface area contributed by atoms with Gasteiger partial charge in [0.05, 0.1) is 6.04 Å². The van der Waals surface area contributed by atoms with Gasteiger partial charge in [0, 0.05) is 6.42 Å². The van der Waals surface area contributed by atoms with Crippen molar-refractivity contribution in [3.05, 3.63) is 35.9 Å². The number of hydrogen-bond acceptors (Lipinski definition) is 6. The zero-order valence-corrected chi connectivity index (χ0v) is 17.3. The molecule has 0 aromatic heterocycles. The number of rotatable bonds is 12. The monoisotopic (exact) mass is 436 g/mol. The Morgan fingerprint density at radius 2 is 1.39 bits per heavy atom. The summed E-state index contributed by atoms with van der Waals surface area (Å²) in [5, 5.41) is 24.8. The van der Waals surface area contributed by atoms with Crippen molar-refractivity contribution in [1.29, 1.82) is 0 Å². The van der Waals surface area contributed by atoms with E-state index in [-0.39, 0.29) is 12.8 Å². The van der Waals surface area contributed by atoms with E-state index in [4.69, 9.17) is 15.9 Å². The van der Waals surface area contributed by atoms with E-state index in [2.05, 4.69) is 16.0 Å². The van der Waals surface area contributed by atoms with Crippen LogP contribution in [-0.2, 0) is 30.4 Å². The highest BCUT2D eigenvalue weighted by Crippen LogP contribution is 2.03. The van der Waals surface area contributed by atoms with Crippen LogP contribution in [-0.4, -0.2) is 64.0 Å².